The van der Waals surface area contributed by atoms with Crippen molar-refractivity contribution in [2.45, 2.75) is 58.4 Å². The Hall–Kier alpha value is -0.0800. The molecule has 2 atom stereocenters. The molecule has 0 amide bonds. The lowest BCUT2D eigenvalue weighted by molar-refractivity contribution is 0.161. The maximum absolute atomic E-state index is 5.06. The minimum absolute atomic E-state index is 0. The molecule has 3 fully saturated rings. The molecule has 3 heterocycles. The molecular formula is C20H40IN5. The van der Waals surface area contributed by atoms with Gasteiger partial charge in [-0.1, -0.05) is 13.3 Å². The Bertz CT molecular complexity index is 424. The highest BCUT2D eigenvalue weighted by molar-refractivity contribution is 14.0. The zero-order valence-corrected chi connectivity index (χ0v) is 19.3. The minimum atomic E-state index is 0. The number of hydrogen-bond donors (Lipinski definition) is 1. The largest absolute Gasteiger partial charge is 0.357 e. The number of hydrogen-bond acceptors (Lipinski definition) is 3. The molecule has 2 unspecified atom stereocenters. The highest BCUT2D eigenvalue weighted by Crippen LogP contribution is 2.21. The second-order valence-corrected chi connectivity index (χ2v) is 8.08. The number of rotatable bonds is 6. The Balaban J connectivity index is 0.00000243. The van der Waals surface area contributed by atoms with Crippen LogP contribution in [-0.2, 0) is 0 Å². The first-order valence-corrected chi connectivity index (χ1v) is 10.8. The van der Waals surface area contributed by atoms with Gasteiger partial charge in [-0.15, -0.1) is 24.0 Å². The molecule has 0 spiro atoms. The molecule has 0 aliphatic carbocycles. The number of likely N-dealkylation sites (tertiary alicyclic amines) is 3. The zero-order chi connectivity index (χ0) is 17.5. The van der Waals surface area contributed by atoms with Crippen molar-refractivity contribution in [1.29, 1.82) is 0 Å². The van der Waals surface area contributed by atoms with E-state index in [1.54, 1.807) is 0 Å². The van der Waals surface area contributed by atoms with Gasteiger partial charge in [-0.05, 0) is 71.1 Å². The molecule has 3 rings (SSSR count). The van der Waals surface area contributed by atoms with Crippen molar-refractivity contribution in [1.82, 2.24) is 20.0 Å². The fourth-order valence-electron chi connectivity index (χ4n) is 4.81. The molecule has 0 aromatic rings. The molecule has 152 valence electrons. The second kappa shape index (κ2) is 11.7. The molecule has 0 aromatic heterocycles. The van der Waals surface area contributed by atoms with Crippen LogP contribution in [0.5, 0.6) is 0 Å². The average molecular weight is 477 g/mol. The Morgan fingerprint density at radius 1 is 1.00 bits per heavy atom. The third-order valence-corrected chi connectivity index (χ3v) is 6.24. The van der Waals surface area contributed by atoms with E-state index in [9.17, 15) is 0 Å². The van der Waals surface area contributed by atoms with Crippen molar-refractivity contribution < 1.29 is 0 Å². The first kappa shape index (κ1) is 22.2. The summed E-state index contributed by atoms with van der Waals surface area (Å²) >= 11 is 0. The summed E-state index contributed by atoms with van der Waals surface area (Å²) in [6, 6.07) is 0.649. The summed E-state index contributed by atoms with van der Waals surface area (Å²) in [6.07, 6.45) is 8.17. The topological polar surface area (TPSA) is 34.1 Å². The molecule has 5 nitrogen and oxygen atoms in total. The smallest absolute Gasteiger partial charge is 0.193 e. The van der Waals surface area contributed by atoms with Crippen LogP contribution in [-0.4, -0.2) is 85.6 Å². The molecule has 3 saturated heterocycles. The van der Waals surface area contributed by atoms with E-state index in [1.807, 2.05) is 0 Å². The maximum Gasteiger partial charge on any atom is 0.193 e. The van der Waals surface area contributed by atoms with E-state index in [1.165, 1.54) is 84.3 Å². The zero-order valence-electron chi connectivity index (χ0n) is 17.0. The normalized spacial score (nSPS) is 28.4. The van der Waals surface area contributed by atoms with Gasteiger partial charge in [0.05, 0.1) is 6.54 Å². The number of halogens is 1. The number of nitrogens with zero attached hydrogens (tertiary/aromatic N) is 4. The molecule has 1 N–H and O–H groups in total. The van der Waals surface area contributed by atoms with Gasteiger partial charge in [0.25, 0.3) is 0 Å². The monoisotopic (exact) mass is 477 g/mol. The lowest BCUT2D eigenvalue weighted by atomic mass is 10.0. The molecule has 3 aliphatic heterocycles. The first-order valence-electron chi connectivity index (χ1n) is 10.8. The minimum Gasteiger partial charge on any atom is -0.357 e. The number of piperidine rings is 1. The van der Waals surface area contributed by atoms with Crippen LogP contribution in [0.1, 0.15) is 52.4 Å². The van der Waals surface area contributed by atoms with Gasteiger partial charge in [0, 0.05) is 32.2 Å². The van der Waals surface area contributed by atoms with Crippen LogP contribution in [0.2, 0.25) is 0 Å². The maximum atomic E-state index is 5.06. The molecule has 26 heavy (non-hydrogen) atoms. The molecule has 0 radical (unpaired) electrons. The first-order chi connectivity index (χ1) is 12.3. The van der Waals surface area contributed by atoms with Crippen molar-refractivity contribution in [2.24, 2.45) is 10.9 Å². The Labute approximate surface area is 178 Å². The van der Waals surface area contributed by atoms with Crippen molar-refractivity contribution in [3.8, 4) is 0 Å². The average Bonchev–Trinajstić information content (AvgIpc) is 3.31. The van der Waals surface area contributed by atoms with Gasteiger partial charge < -0.3 is 15.1 Å². The van der Waals surface area contributed by atoms with Crippen LogP contribution in [0.25, 0.3) is 0 Å². The summed E-state index contributed by atoms with van der Waals surface area (Å²) < 4.78 is 0. The van der Waals surface area contributed by atoms with E-state index < -0.39 is 0 Å². The number of guanidine groups is 1. The van der Waals surface area contributed by atoms with Crippen molar-refractivity contribution >= 4 is 29.9 Å². The third-order valence-electron chi connectivity index (χ3n) is 6.24. The Kier molecular flexibility index (Phi) is 9.99. The van der Waals surface area contributed by atoms with E-state index in [-0.39, 0.29) is 24.0 Å². The predicted molar refractivity (Wildman–Crippen MR) is 122 cm³/mol. The lowest BCUT2D eigenvalue weighted by Crippen LogP contribution is -2.44. The van der Waals surface area contributed by atoms with Gasteiger partial charge in [0.2, 0.25) is 0 Å². The summed E-state index contributed by atoms with van der Waals surface area (Å²) in [5.74, 6) is 1.98. The summed E-state index contributed by atoms with van der Waals surface area (Å²) in [6.45, 7) is 15.1. The van der Waals surface area contributed by atoms with Crippen LogP contribution in [0.3, 0.4) is 0 Å². The molecule has 0 aromatic carbocycles. The van der Waals surface area contributed by atoms with E-state index in [0.717, 1.165) is 25.0 Å². The van der Waals surface area contributed by atoms with Gasteiger partial charge in [-0.2, -0.15) is 0 Å². The Morgan fingerprint density at radius 2 is 1.77 bits per heavy atom. The molecule has 0 saturated carbocycles. The fourth-order valence-corrected chi connectivity index (χ4v) is 4.81. The highest BCUT2D eigenvalue weighted by Gasteiger charge is 2.28. The van der Waals surface area contributed by atoms with E-state index in [4.69, 9.17) is 4.99 Å². The summed E-state index contributed by atoms with van der Waals surface area (Å²) in [4.78, 5) is 12.9. The van der Waals surface area contributed by atoms with Gasteiger partial charge >= 0.3 is 0 Å². The molecule has 0 bridgehead atoms. The van der Waals surface area contributed by atoms with Crippen LogP contribution in [0.15, 0.2) is 4.99 Å². The molecule has 6 heteroatoms. The molecule has 3 aliphatic rings. The number of likely N-dealkylation sites (N-methyl/N-ethyl adjacent to an activating group) is 1. The van der Waals surface area contributed by atoms with Crippen molar-refractivity contribution in [3.63, 3.8) is 0 Å². The van der Waals surface area contributed by atoms with Gasteiger partial charge in [0.15, 0.2) is 5.96 Å². The Morgan fingerprint density at radius 3 is 2.50 bits per heavy atom. The quantitative estimate of drug-likeness (QED) is 0.363. The SMILES string of the molecule is CCNC(=NCC1CCCCN1CC)N1CCC(CN2CCCC2)C1.I. The van der Waals surface area contributed by atoms with E-state index in [2.05, 4.69) is 33.9 Å². The van der Waals surface area contributed by atoms with Gasteiger partial charge in [-0.25, -0.2) is 0 Å². The second-order valence-electron chi connectivity index (χ2n) is 8.08. The van der Waals surface area contributed by atoms with E-state index in [0.29, 0.717) is 6.04 Å². The van der Waals surface area contributed by atoms with Crippen LogP contribution >= 0.6 is 24.0 Å². The fraction of sp³-hybridized carbons (Fsp3) is 0.950. The van der Waals surface area contributed by atoms with Gasteiger partial charge in [-0.3, -0.25) is 9.89 Å². The number of nitrogens with one attached hydrogen (secondary N) is 1. The number of aliphatic imine (C=N–C) groups is 1. The standard InChI is InChI=1S/C20H39N5.HI/c1-3-21-20(22-15-19-9-5-6-13-24(19)4-2)25-14-10-18(17-25)16-23-11-7-8-12-23;/h18-19H,3-17H2,1-2H3,(H,21,22);1H. The third kappa shape index (κ3) is 6.23. The van der Waals surface area contributed by atoms with Crippen molar-refractivity contribution in [2.75, 3.05) is 58.9 Å². The van der Waals surface area contributed by atoms with Gasteiger partial charge in [0.1, 0.15) is 0 Å². The van der Waals surface area contributed by atoms with Crippen molar-refractivity contribution in [3.05, 3.63) is 0 Å². The molecular weight excluding hydrogens is 437 g/mol. The predicted octanol–water partition coefficient (Wildman–Crippen LogP) is 2.86. The van der Waals surface area contributed by atoms with E-state index >= 15 is 0 Å². The van der Waals surface area contributed by atoms with Crippen LogP contribution < -0.4 is 5.32 Å². The summed E-state index contributed by atoms with van der Waals surface area (Å²) in [5.41, 5.74) is 0. The summed E-state index contributed by atoms with van der Waals surface area (Å²) in [5, 5.41) is 3.55. The highest BCUT2D eigenvalue weighted by atomic mass is 127. The lowest BCUT2D eigenvalue weighted by Gasteiger charge is -2.34. The van der Waals surface area contributed by atoms with Crippen LogP contribution in [0, 0.1) is 5.92 Å². The summed E-state index contributed by atoms with van der Waals surface area (Å²) in [7, 11) is 0. The van der Waals surface area contributed by atoms with Crippen LogP contribution in [0.4, 0.5) is 0 Å².